The number of rotatable bonds is 7. The second kappa shape index (κ2) is 6.54. The van der Waals surface area contributed by atoms with E-state index in [2.05, 4.69) is 4.52 Å². The molecule has 1 aromatic rings. The van der Waals surface area contributed by atoms with Crippen molar-refractivity contribution in [1.82, 2.24) is 0 Å². The Balaban J connectivity index is 3.47. The smallest absolute Gasteiger partial charge is 0.383 e. The van der Waals surface area contributed by atoms with Crippen molar-refractivity contribution in [3.05, 3.63) is 39.9 Å². The van der Waals surface area contributed by atoms with Crippen LogP contribution < -0.4 is 0 Å². The number of aliphatic hydroxyl groups excluding tert-OH is 1. The summed E-state index contributed by atoms with van der Waals surface area (Å²) >= 11 is 0. The number of non-ortho nitro benzene ring substituents is 1. The number of aliphatic hydroxyl groups is 1. The Morgan fingerprint density at radius 3 is 2.39 bits per heavy atom. The molecule has 0 aliphatic rings. The Morgan fingerprint density at radius 2 is 1.96 bits per heavy atom. The van der Waals surface area contributed by atoms with Crippen LogP contribution in [0.1, 0.15) is 19.4 Å². The van der Waals surface area contributed by atoms with Gasteiger partial charge in [-0.3, -0.25) is 14.7 Å². The highest BCUT2D eigenvalue weighted by atomic mass is 31.2. The fourth-order valence-electron chi connectivity index (χ4n) is 1.80. The first-order valence-corrected chi connectivity index (χ1v) is 8.04. The number of alkyl halides is 4. The van der Waals surface area contributed by atoms with E-state index in [-0.39, 0.29) is 6.07 Å². The van der Waals surface area contributed by atoms with Crippen LogP contribution in [0, 0.1) is 10.1 Å². The van der Waals surface area contributed by atoms with Crippen LogP contribution in [-0.2, 0) is 15.0 Å². The standard InChI is InChI=1S/C12H14F4NO5P/c1-3-22-23(21,8(2)18)12(15,16)11(13,14)9-5-4-6-10(7-9)17(19)20/h4-8,18H,3H2,1-2H3. The molecule has 0 saturated heterocycles. The molecule has 0 radical (unpaired) electrons. The van der Waals surface area contributed by atoms with E-state index in [1.807, 2.05) is 0 Å². The number of halogens is 4. The molecule has 0 aliphatic carbocycles. The fraction of sp³-hybridized carbons (Fsp3) is 0.500. The minimum absolute atomic E-state index is 0.256. The lowest BCUT2D eigenvalue weighted by atomic mass is 10.1. The predicted octanol–water partition coefficient (Wildman–Crippen LogP) is 3.93. The molecule has 1 N–H and O–H groups in total. The van der Waals surface area contributed by atoms with Crippen molar-refractivity contribution < 1.29 is 36.7 Å². The summed E-state index contributed by atoms with van der Waals surface area (Å²) < 4.78 is 73.3. The van der Waals surface area contributed by atoms with Gasteiger partial charge in [0.05, 0.1) is 11.5 Å². The summed E-state index contributed by atoms with van der Waals surface area (Å²) in [4.78, 5) is 9.56. The summed E-state index contributed by atoms with van der Waals surface area (Å²) in [5.74, 6) is -7.41. The number of benzene rings is 1. The largest absolute Gasteiger partial charge is 0.389 e. The van der Waals surface area contributed by atoms with E-state index in [0.717, 1.165) is 19.1 Å². The van der Waals surface area contributed by atoms with Gasteiger partial charge in [0.25, 0.3) is 5.69 Å². The van der Waals surface area contributed by atoms with E-state index in [4.69, 9.17) is 0 Å². The molecule has 130 valence electrons. The summed E-state index contributed by atoms with van der Waals surface area (Å²) in [6, 6.07) is 2.44. The minimum Gasteiger partial charge on any atom is -0.383 e. The van der Waals surface area contributed by atoms with Crippen molar-refractivity contribution in [3.8, 4) is 0 Å². The monoisotopic (exact) mass is 359 g/mol. The quantitative estimate of drug-likeness (QED) is 0.345. The maximum atomic E-state index is 14.2. The molecule has 23 heavy (non-hydrogen) atoms. The Hall–Kier alpha value is -1.51. The number of nitro groups is 1. The van der Waals surface area contributed by atoms with Gasteiger partial charge in [0, 0.05) is 17.7 Å². The van der Waals surface area contributed by atoms with Gasteiger partial charge in [-0.05, 0) is 13.8 Å². The third-order valence-electron chi connectivity index (χ3n) is 3.00. The topological polar surface area (TPSA) is 89.7 Å². The third kappa shape index (κ3) is 3.24. The Kier molecular flexibility index (Phi) is 5.56. The van der Waals surface area contributed by atoms with Gasteiger partial charge < -0.3 is 9.63 Å². The molecule has 11 heteroatoms. The molecule has 0 saturated carbocycles. The van der Waals surface area contributed by atoms with Crippen LogP contribution in [0.3, 0.4) is 0 Å². The molecule has 1 rings (SSSR count). The van der Waals surface area contributed by atoms with Crippen molar-refractivity contribution >= 4 is 13.1 Å². The molecule has 0 aliphatic heterocycles. The van der Waals surface area contributed by atoms with Crippen molar-refractivity contribution in [2.75, 3.05) is 6.61 Å². The fourth-order valence-corrected chi connectivity index (χ4v) is 3.55. The van der Waals surface area contributed by atoms with Crippen LogP contribution in [0.25, 0.3) is 0 Å². The summed E-state index contributed by atoms with van der Waals surface area (Å²) in [7, 11) is -5.52. The van der Waals surface area contributed by atoms with E-state index < -0.39 is 47.6 Å². The average Bonchev–Trinajstić information content (AvgIpc) is 2.46. The van der Waals surface area contributed by atoms with Gasteiger partial charge in [0.2, 0.25) is 0 Å². The Bertz CT molecular complexity index is 638. The zero-order chi connectivity index (χ0) is 18.1. The molecule has 2 unspecified atom stereocenters. The van der Waals surface area contributed by atoms with Crippen LogP contribution >= 0.6 is 7.37 Å². The molecule has 0 spiro atoms. The van der Waals surface area contributed by atoms with Crippen molar-refractivity contribution in [1.29, 1.82) is 0 Å². The van der Waals surface area contributed by atoms with E-state index >= 15 is 0 Å². The van der Waals surface area contributed by atoms with Gasteiger partial charge in [-0.15, -0.1) is 0 Å². The zero-order valence-electron chi connectivity index (χ0n) is 12.1. The average molecular weight is 359 g/mol. The first-order chi connectivity index (χ1) is 10.4. The molecule has 0 fully saturated rings. The van der Waals surface area contributed by atoms with Crippen molar-refractivity contribution in [3.63, 3.8) is 0 Å². The van der Waals surface area contributed by atoms with Gasteiger partial charge in [-0.1, -0.05) is 12.1 Å². The van der Waals surface area contributed by atoms with Gasteiger partial charge in [-0.25, -0.2) is 0 Å². The zero-order valence-corrected chi connectivity index (χ0v) is 13.0. The minimum atomic E-state index is -5.52. The molecule has 2 atom stereocenters. The van der Waals surface area contributed by atoms with Gasteiger partial charge in [0.1, 0.15) is 5.85 Å². The van der Waals surface area contributed by atoms with Crippen LogP contribution in [0.4, 0.5) is 23.2 Å². The lowest BCUT2D eigenvalue weighted by Gasteiger charge is -2.34. The normalized spacial score (nSPS) is 16.7. The SMILES string of the molecule is CCOP(=O)(C(C)O)C(F)(F)C(F)(F)c1cccc([N+](=O)[O-])c1. The summed E-state index contributed by atoms with van der Waals surface area (Å²) in [6.07, 6.45) is 0. The van der Waals surface area contributed by atoms with Crippen molar-refractivity contribution in [2.24, 2.45) is 0 Å². The highest BCUT2D eigenvalue weighted by Gasteiger charge is 2.70. The highest BCUT2D eigenvalue weighted by molar-refractivity contribution is 7.60. The van der Waals surface area contributed by atoms with Gasteiger partial charge >= 0.3 is 19.0 Å². The highest BCUT2D eigenvalue weighted by Crippen LogP contribution is 2.70. The molecule has 0 aromatic heterocycles. The molecular weight excluding hydrogens is 345 g/mol. The number of hydrogen-bond donors (Lipinski definition) is 1. The van der Waals surface area contributed by atoms with E-state index in [1.54, 1.807) is 0 Å². The van der Waals surface area contributed by atoms with Gasteiger partial charge in [0.15, 0.2) is 0 Å². The molecule has 0 heterocycles. The molecule has 0 amide bonds. The second-order valence-corrected chi connectivity index (χ2v) is 7.33. The maximum Gasteiger partial charge on any atom is 0.389 e. The van der Waals surface area contributed by atoms with Crippen molar-refractivity contribution in [2.45, 2.75) is 31.3 Å². The number of nitrogens with zero attached hydrogens (tertiary/aromatic N) is 1. The van der Waals surface area contributed by atoms with Crippen LogP contribution in [0.15, 0.2) is 24.3 Å². The van der Waals surface area contributed by atoms with Crippen LogP contribution in [0.2, 0.25) is 0 Å². The van der Waals surface area contributed by atoms with Crippen LogP contribution in [-0.4, -0.2) is 28.1 Å². The summed E-state index contributed by atoms with van der Waals surface area (Å²) in [6.45, 7) is 1.20. The maximum absolute atomic E-state index is 14.2. The predicted molar refractivity (Wildman–Crippen MR) is 72.9 cm³/mol. The summed E-state index contributed by atoms with van der Waals surface area (Å²) in [5.41, 5.74) is -7.50. The van der Waals surface area contributed by atoms with E-state index in [0.29, 0.717) is 13.0 Å². The number of hydrogen-bond acceptors (Lipinski definition) is 5. The van der Waals surface area contributed by atoms with E-state index in [1.165, 1.54) is 0 Å². The second-order valence-electron chi connectivity index (χ2n) is 4.57. The Morgan fingerprint density at radius 1 is 1.39 bits per heavy atom. The Labute approximate surface area is 128 Å². The number of nitro benzene ring substituents is 1. The molecule has 0 bridgehead atoms. The van der Waals surface area contributed by atoms with Crippen LogP contribution in [0.5, 0.6) is 0 Å². The lowest BCUT2D eigenvalue weighted by Crippen LogP contribution is -2.41. The van der Waals surface area contributed by atoms with Gasteiger partial charge in [-0.2, -0.15) is 17.6 Å². The molecule has 6 nitrogen and oxygen atoms in total. The molecule has 1 aromatic carbocycles. The third-order valence-corrected chi connectivity index (χ3v) is 5.69. The lowest BCUT2D eigenvalue weighted by molar-refractivity contribution is -0.385. The first kappa shape index (κ1) is 19.5. The summed E-state index contributed by atoms with van der Waals surface area (Å²) in [5, 5.41) is 19.9. The van der Waals surface area contributed by atoms with E-state index in [9.17, 15) is 37.3 Å². The first-order valence-electron chi connectivity index (χ1n) is 6.34. The molecular formula is C12H14F4NO5P.